The van der Waals surface area contributed by atoms with Gasteiger partial charge in [0, 0.05) is 31.1 Å². The van der Waals surface area contributed by atoms with E-state index in [4.69, 9.17) is 9.47 Å². The standard InChI is InChI=1S/C11H15BrN2O3/c1-7(11(16-2)17-3)14-10(15)8-4-9(12)6-13-5-8/h4-7,11H,1-3H3,(H,14,15). The van der Waals surface area contributed by atoms with E-state index in [0.29, 0.717) is 5.56 Å². The summed E-state index contributed by atoms with van der Waals surface area (Å²) >= 11 is 3.26. The van der Waals surface area contributed by atoms with Crippen molar-refractivity contribution in [3.63, 3.8) is 0 Å². The zero-order chi connectivity index (χ0) is 12.8. The summed E-state index contributed by atoms with van der Waals surface area (Å²) in [7, 11) is 3.05. The third kappa shape index (κ3) is 4.07. The number of hydrogen-bond acceptors (Lipinski definition) is 4. The molecule has 0 fully saturated rings. The van der Waals surface area contributed by atoms with Gasteiger partial charge in [-0.25, -0.2) is 0 Å². The minimum absolute atomic E-state index is 0.217. The van der Waals surface area contributed by atoms with Gasteiger partial charge in [-0.3, -0.25) is 9.78 Å². The second-order valence-electron chi connectivity index (χ2n) is 3.49. The molecule has 94 valence electrons. The number of methoxy groups -OCH3 is 2. The van der Waals surface area contributed by atoms with Crippen molar-refractivity contribution in [2.45, 2.75) is 19.3 Å². The molecule has 0 saturated carbocycles. The molecule has 0 aliphatic carbocycles. The van der Waals surface area contributed by atoms with Gasteiger partial charge in [0.05, 0.1) is 11.6 Å². The van der Waals surface area contributed by atoms with Crippen molar-refractivity contribution in [2.24, 2.45) is 0 Å². The molecule has 1 atom stereocenters. The molecular formula is C11H15BrN2O3. The summed E-state index contributed by atoms with van der Waals surface area (Å²) in [6.07, 6.45) is 2.65. The molecule has 1 amide bonds. The van der Waals surface area contributed by atoms with Gasteiger partial charge < -0.3 is 14.8 Å². The monoisotopic (exact) mass is 302 g/mol. The molecule has 0 radical (unpaired) electrons. The Morgan fingerprint density at radius 3 is 2.59 bits per heavy atom. The number of ether oxygens (including phenoxy) is 2. The first-order valence-corrected chi connectivity index (χ1v) is 5.84. The molecule has 1 aromatic heterocycles. The molecule has 0 saturated heterocycles. The number of nitrogens with one attached hydrogen (secondary N) is 1. The first kappa shape index (κ1) is 14.1. The molecule has 5 nitrogen and oxygen atoms in total. The summed E-state index contributed by atoms with van der Waals surface area (Å²) < 4.78 is 10.9. The Balaban J connectivity index is 2.66. The van der Waals surface area contributed by atoms with E-state index in [0.717, 1.165) is 4.47 Å². The van der Waals surface area contributed by atoms with Crippen molar-refractivity contribution in [1.29, 1.82) is 0 Å². The maximum Gasteiger partial charge on any atom is 0.253 e. The SMILES string of the molecule is COC(OC)C(C)NC(=O)c1cncc(Br)c1. The van der Waals surface area contributed by atoms with Crippen LogP contribution in [-0.4, -0.2) is 37.4 Å². The predicted octanol–water partition coefficient (Wildman–Crippen LogP) is 1.58. The quantitative estimate of drug-likeness (QED) is 0.839. The van der Waals surface area contributed by atoms with Gasteiger partial charge in [-0.15, -0.1) is 0 Å². The number of hydrogen-bond donors (Lipinski definition) is 1. The topological polar surface area (TPSA) is 60.5 Å². The van der Waals surface area contributed by atoms with Crippen LogP contribution in [0.3, 0.4) is 0 Å². The summed E-state index contributed by atoms with van der Waals surface area (Å²) in [6, 6.07) is 1.44. The van der Waals surface area contributed by atoms with E-state index in [9.17, 15) is 4.79 Å². The predicted molar refractivity (Wildman–Crippen MR) is 66.7 cm³/mol. The summed E-state index contributed by atoms with van der Waals surface area (Å²) in [5, 5.41) is 2.78. The molecule has 0 aliphatic rings. The van der Waals surface area contributed by atoms with E-state index >= 15 is 0 Å². The number of halogens is 1. The zero-order valence-corrected chi connectivity index (χ0v) is 11.5. The van der Waals surface area contributed by atoms with E-state index < -0.39 is 6.29 Å². The molecule has 17 heavy (non-hydrogen) atoms. The number of nitrogens with zero attached hydrogens (tertiary/aromatic N) is 1. The minimum Gasteiger partial charge on any atom is -0.354 e. The van der Waals surface area contributed by atoms with Gasteiger partial charge in [-0.05, 0) is 28.9 Å². The number of rotatable bonds is 5. The number of amides is 1. The van der Waals surface area contributed by atoms with E-state index in [-0.39, 0.29) is 11.9 Å². The third-order valence-electron chi connectivity index (χ3n) is 2.20. The van der Waals surface area contributed by atoms with Gasteiger partial charge in [-0.2, -0.15) is 0 Å². The average Bonchev–Trinajstić information content (AvgIpc) is 2.30. The van der Waals surface area contributed by atoms with Crippen LogP contribution in [0.1, 0.15) is 17.3 Å². The maximum atomic E-state index is 11.9. The zero-order valence-electron chi connectivity index (χ0n) is 9.94. The second kappa shape index (κ2) is 6.68. The fourth-order valence-corrected chi connectivity index (χ4v) is 1.76. The van der Waals surface area contributed by atoms with Gasteiger partial charge >= 0.3 is 0 Å². The number of pyridine rings is 1. The number of carbonyl (C=O) groups is 1. The summed E-state index contributed by atoms with van der Waals surface area (Å²) in [4.78, 5) is 15.8. The normalized spacial score (nSPS) is 12.5. The highest BCUT2D eigenvalue weighted by molar-refractivity contribution is 9.10. The molecule has 1 rings (SSSR count). The van der Waals surface area contributed by atoms with E-state index in [2.05, 4.69) is 26.2 Å². The molecule has 0 aromatic carbocycles. The highest BCUT2D eigenvalue weighted by Gasteiger charge is 2.18. The largest absolute Gasteiger partial charge is 0.354 e. The Morgan fingerprint density at radius 1 is 1.41 bits per heavy atom. The van der Waals surface area contributed by atoms with Gasteiger partial charge in [-0.1, -0.05) is 0 Å². The van der Waals surface area contributed by atoms with Crippen molar-refractivity contribution in [2.75, 3.05) is 14.2 Å². The van der Waals surface area contributed by atoms with Crippen LogP contribution in [0.5, 0.6) is 0 Å². The third-order valence-corrected chi connectivity index (χ3v) is 2.63. The Hall–Kier alpha value is -0.980. The Labute approximate surface area is 109 Å². The van der Waals surface area contributed by atoms with E-state index in [1.807, 2.05) is 0 Å². The fraction of sp³-hybridized carbons (Fsp3) is 0.455. The van der Waals surface area contributed by atoms with Crippen molar-refractivity contribution >= 4 is 21.8 Å². The molecular weight excluding hydrogens is 288 g/mol. The van der Waals surface area contributed by atoms with Crippen LogP contribution in [-0.2, 0) is 9.47 Å². The lowest BCUT2D eigenvalue weighted by atomic mass is 10.2. The van der Waals surface area contributed by atoms with Crippen molar-refractivity contribution in [3.05, 3.63) is 28.5 Å². The molecule has 1 unspecified atom stereocenters. The molecule has 1 aromatic rings. The van der Waals surface area contributed by atoms with Gasteiger partial charge in [0.15, 0.2) is 6.29 Å². The summed E-state index contributed by atoms with van der Waals surface area (Å²) in [5.41, 5.74) is 0.484. The molecule has 6 heteroatoms. The Kier molecular flexibility index (Phi) is 5.54. The van der Waals surface area contributed by atoms with E-state index in [1.165, 1.54) is 20.4 Å². The first-order valence-electron chi connectivity index (χ1n) is 5.05. The maximum absolute atomic E-state index is 11.9. The van der Waals surface area contributed by atoms with Crippen LogP contribution in [0.4, 0.5) is 0 Å². The molecule has 0 spiro atoms. The lowest BCUT2D eigenvalue weighted by molar-refractivity contribution is -0.117. The lowest BCUT2D eigenvalue weighted by Gasteiger charge is -2.22. The van der Waals surface area contributed by atoms with Gasteiger partial charge in [0.2, 0.25) is 0 Å². The van der Waals surface area contributed by atoms with Gasteiger partial charge in [0.25, 0.3) is 5.91 Å². The van der Waals surface area contributed by atoms with Crippen molar-refractivity contribution in [1.82, 2.24) is 10.3 Å². The number of carbonyl (C=O) groups excluding carboxylic acids is 1. The van der Waals surface area contributed by atoms with Gasteiger partial charge in [0.1, 0.15) is 0 Å². The molecule has 1 N–H and O–H groups in total. The van der Waals surface area contributed by atoms with Crippen LogP contribution < -0.4 is 5.32 Å². The molecule has 0 bridgehead atoms. The van der Waals surface area contributed by atoms with Crippen molar-refractivity contribution < 1.29 is 14.3 Å². The Bertz CT molecular complexity index is 383. The summed E-state index contributed by atoms with van der Waals surface area (Å²) in [5.74, 6) is -0.217. The van der Waals surface area contributed by atoms with Crippen molar-refractivity contribution in [3.8, 4) is 0 Å². The minimum atomic E-state index is -0.473. The van der Waals surface area contributed by atoms with Crippen LogP contribution >= 0.6 is 15.9 Å². The van der Waals surface area contributed by atoms with Crippen LogP contribution in [0.25, 0.3) is 0 Å². The lowest BCUT2D eigenvalue weighted by Crippen LogP contribution is -2.42. The number of aromatic nitrogens is 1. The highest BCUT2D eigenvalue weighted by Crippen LogP contribution is 2.10. The molecule has 0 aliphatic heterocycles. The van der Waals surface area contributed by atoms with E-state index in [1.54, 1.807) is 19.2 Å². The Morgan fingerprint density at radius 2 is 2.06 bits per heavy atom. The smallest absolute Gasteiger partial charge is 0.253 e. The first-order chi connectivity index (χ1) is 8.08. The van der Waals surface area contributed by atoms with Crippen LogP contribution in [0.2, 0.25) is 0 Å². The highest BCUT2D eigenvalue weighted by atomic mass is 79.9. The van der Waals surface area contributed by atoms with Crippen LogP contribution in [0, 0.1) is 0 Å². The second-order valence-corrected chi connectivity index (χ2v) is 4.41. The molecule has 1 heterocycles. The van der Waals surface area contributed by atoms with Crippen LogP contribution in [0.15, 0.2) is 22.9 Å². The fourth-order valence-electron chi connectivity index (χ4n) is 1.40. The average molecular weight is 303 g/mol. The summed E-state index contributed by atoms with van der Waals surface area (Å²) in [6.45, 7) is 1.81.